The lowest BCUT2D eigenvalue weighted by Crippen LogP contribution is -2.58. The molecule has 2 saturated heterocycles. The largest absolute Gasteiger partial charge is 0.334 e. The number of carbonyl (C=O) groups excluding carboxylic acids is 2. The maximum absolute atomic E-state index is 13.2. The fourth-order valence-electron chi connectivity index (χ4n) is 4.87. The van der Waals surface area contributed by atoms with Crippen molar-refractivity contribution in [2.24, 2.45) is 5.41 Å². The second kappa shape index (κ2) is 4.00. The van der Waals surface area contributed by atoms with Crippen molar-refractivity contribution >= 4 is 11.6 Å². The molecule has 1 saturated carbocycles. The summed E-state index contributed by atoms with van der Waals surface area (Å²) in [7, 11) is 0. The number of fused-ring (bicyclic) bond motifs is 4. The summed E-state index contributed by atoms with van der Waals surface area (Å²) >= 11 is 0. The molecule has 5 rings (SSSR count). The third-order valence-electron chi connectivity index (χ3n) is 6.18. The Morgan fingerprint density at radius 2 is 1.91 bits per heavy atom. The summed E-state index contributed by atoms with van der Waals surface area (Å²) < 4.78 is 12.8. The monoisotopic (exact) mass is 310 g/mol. The van der Waals surface area contributed by atoms with Crippen LogP contribution < -0.4 is 0 Å². The van der Waals surface area contributed by atoms with Gasteiger partial charge in [0, 0.05) is 17.5 Å². The van der Waals surface area contributed by atoms with E-state index in [1.54, 1.807) is 12.1 Å². The van der Waals surface area contributed by atoms with Gasteiger partial charge in [-0.1, -0.05) is 30.7 Å². The molecule has 2 bridgehead atoms. The first-order valence-electron chi connectivity index (χ1n) is 8.28. The number of ketones is 2. The fraction of sp³-hybridized carbons (Fsp3) is 0.474. The van der Waals surface area contributed by atoms with E-state index in [0.717, 1.165) is 31.2 Å². The molecule has 0 aromatic heterocycles. The summed E-state index contributed by atoms with van der Waals surface area (Å²) in [5, 5.41) is 0. The maximum atomic E-state index is 13.2. The van der Waals surface area contributed by atoms with Crippen LogP contribution in [0.4, 0.5) is 0 Å². The SMILES string of the molecule is C[C@]12CCCC[C@@]13O[C@@H](C2=O)C1(C=CC(=O)c2ccccc21)O3. The van der Waals surface area contributed by atoms with Crippen molar-refractivity contribution in [3.05, 3.63) is 47.5 Å². The predicted octanol–water partition coefficient (Wildman–Crippen LogP) is 2.91. The average Bonchev–Trinajstić information content (AvgIpc) is 3.01. The van der Waals surface area contributed by atoms with Gasteiger partial charge in [0.15, 0.2) is 23.5 Å². The molecule has 0 N–H and O–H groups in total. The molecule has 118 valence electrons. The summed E-state index contributed by atoms with van der Waals surface area (Å²) in [5.74, 6) is -0.767. The van der Waals surface area contributed by atoms with E-state index in [-0.39, 0.29) is 11.6 Å². The minimum absolute atomic E-state index is 0.0473. The van der Waals surface area contributed by atoms with Gasteiger partial charge in [-0.3, -0.25) is 9.59 Å². The van der Waals surface area contributed by atoms with Crippen LogP contribution in [0.25, 0.3) is 0 Å². The van der Waals surface area contributed by atoms with Crippen molar-refractivity contribution in [2.75, 3.05) is 0 Å². The topological polar surface area (TPSA) is 52.6 Å². The van der Waals surface area contributed by atoms with Gasteiger partial charge >= 0.3 is 0 Å². The Kier molecular flexibility index (Phi) is 2.37. The van der Waals surface area contributed by atoms with Crippen molar-refractivity contribution in [3.63, 3.8) is 0 Å². The van der Waals surface area contributed by atoms with Crippen LogP contribution in [-0.2, 0) is 19.9 Å². The highest BCUT2D eigenvalue weighted by atomic mass is 16.8. The fourth-order valence-corrected chi connectivity index (χ4v) is 4.87. The van der Waals surface area contributed by atoms with Gasteiger partial charge in [-0.2, -0.15) is 0 Å². The normalized spacial score (nSPS) is 43.8. The van der Waals surface area contributed by atoms with Crippen LogP contribution in [0.5, 0.6) is 0 Å². The zero-order chi connectivity index (χ0) is 15.9. The highest BCUT2D eigenvalue weighted by Gasteiger charge is 2.76. The third kappa shape index (κ3) is 1.36. The van der Waals surface area contributed by atoms with E-state index in [1.807, 2.05) is 25.1 Å². The molecule has 4 nitrogen and oxygen atoms in total. The van der Waals surface area contributed by atoms with E-state index in [4.69, 9.17) is 9.47 Å². The molecule has 1 aromatic rings. The van der Waals surface area contributed by atoms with Gasteiger partial charge in [0.05, 0.1) is 5.41 Å². The molecule has 1 unspecified atom stereocenters. The Morgan fingerprint density at radius 3 is 2.78 bits per heavy atom. The molecule has 2 aliphatic carbocycles. The molecule has 0 radical (unpaired) electrons. The lowest BCUT2D eigenvalue weighted by Gasteiger charge is -2.48. The smallest absolute Gasteiger partial charge is 0.186 e. The van der Waals surface area contributed by atoms with E-state index >= 15 is 0 Å². The van der Waals surface area contributed by atoms with Crippen LogP contribution >= 0.6 is 0 Å². The van der Waals surface area contributed by atoms with Crippen molar-refractivity contribution in [1.82, 2.24) is 0 Å². The van der Waals surface area contributed by atoms with E-state index in [9.17, 15) is 9.59 Å². The van der Waals surface area contributed by atoms with Crippen LogP contribution in [0.15, 0.2) is 36.4 Å². The molecule has 2 heterocycles. The van der Waals surface area contributed by atoms with Crippen LogP contribution in [0, 0.1) is 5.41 Å². The van der Waals surface area contributed by atoms with Gasteiger partial charge < -0.3 is 9.47 Å². The molecule has 2 aliphatic heterocycles. The van der Waals surface area contributed by atoms with Gasteiger partial charge in [-0.05, 0) is 31.9 Å². The summed E-state index contributed by atoms with van der Waals surface area (Å²) in [6.07, 6.45) is 6.17. The number of hydrogen-bond donors (Lipinski definition) is 0. The Balaban J connectivity index is 1.72. The first kappa shape index (κ1) is 13.6. The van der Waals surface area contributed by atoms with E-state index in [0.29, 0.717) is 5.56 Å². The second-order valence-electron chi connectivity index (χ2n) is 7.29. The summed E-state index contributed by atoms with van der Waals surface area (Å²) in [6.45, 7) is 1.98. The lowest BCUT2D eigenvalue weighted by atomic mass is 9.64. The number of Topliss-reactive ketones (excluding diaryl/α,β-unsaturated/α-hetero) is 1. The first-order chi connectivity index (χ1) is 11.0. The molecular weight excluding hydrogens is 292 g/mol. The van der Waals surface area contributed by atoms with E-state index in [1.165, 1.54) is 6.08 Å². The van der Waals surface area contributed by atoms with Crippen molar-refractivity contribution in [1.29, 1.82) is 0 Å². The van der Waals surface area contributed by atoms with Crippen LogP contribution in [0.3, 0.4) is 0 Å². The third-order valence-corrected chi connectivity index (χ3v) is 6.18. The first-order valence-corrected chi connectivity index (χ1v) is 8.28. The number of benzene rings is 1. The standard InChI is InChI=1S/C19H18O4/c1-17-9-4-5-10-19(17)22-16(15(17)21)18(23-19)11-8-14(20)12-6-2-3-7-13(12)18/h2-3,6-8,11,16H,4-5,9-10H2,1H3/t16-,17+,18?,19-/m0/s1. The number of allylic oxidation sites excluding steroid dienone is 1. The predicted molar refractivity (Wildman–Crippen MR) is 81.9 cm³/mol. The molecule has 1 aromatic carbocycles. The number of ether oxygens (including phenoxy) is 2. The zero-order valence-electron chi connectivity index (χ0n) is 13.0. The maximum Gasteiger partial charge on any atom is 0.186 e. The van der Waals surface area contributed by atoms with E-state index in [2.05, 4.69) is 0 Å². The van der Waals surface area contributed by atoms with Gasteiger partial charge in [-0.15, -0.1) is 0 Å². The quantitative estimate of drug-likeness (QED) is 0.739. The van der Waals surface area contributed by atoms with Crippen LogP contribution in [0.1, 0.15) is 48.5 Å². The Hall–Kier alpha value is -1.78. The Bertz CT molecular complexity index is 781. The minimum Gasteiger partial charge on any atom is -0.334 e. The van der Waals surface area contributed by atoms with Gasteiger partial charge in [-0.25, -0.2) is 0 Å². The summed E-state index contributed by atoms with van der Waals surface area (Å²) in [5.41, 5.74) is -0.146. The molecule has 4 atom stereocenters. The molecule has 4 heteroatoms. The number of carbonyl (C=O) groups is 2. The summed E-state index contributed by atoms with van der Waals surface area (Å²) in [6, 6.07) is 7.39. The average molecular weight is 310 g/mol. The Labute approximate surface area is 134 Å². The minimum atomic E-state index is -0.946. The molecule has 23 heavy (non-hydrogen) atoms. The summed E-state index contributed by atoms with van der Waals surface area (Å²) in [4.78, 5) is 25.3. The Morgan fingerprint density at radius 1 is 1.13 bits per heavy atom. The highest BCUT2D eigenvalue weighted by molar-refractivity contribution is 6.08. The van der Waals surface area contributed by atoms with Gasteiger partial charge in [0.1, 0.15) is 5.60 Å². The number of hydrogen-bond acceptors (Lipinski definition) is 4. The van der Waals surface area contributed by atoms with Crippen molar-refractivity contribution in [3.8, 4) is 0 Å². The van der Waals surface area contributed by atoms with Gasteiger partial charge in [0.25, 0.3) is 0 Å². The van der Waals surface area contributed by atoms with Crippen LogP contribution in [0.2, 0.25) is 0 Å². The van der Waals surface area contributed by atoms with Crippen LogP contribution in [-0.4, -0.2) is 23.5 Å². The second-order valence-corrected chi connectivity index (χ2v) is 7.29. The number of rotatable bonds is 0. The molecule has 0 amide bonds. The molecular formula is C19H18O4. The van der Waals surface area contributed by atoms with Gasteiger partial charge in [0.2, 0.25) is 0 Å². The molecule has 4 aliphatic rings. The van der Waals surface area contributed by atoms with E-state index < -0.39 is 22.9 Å². The van der Waals surface area contributed by atoms with Crippen molar-refractivity contribution < 1.29 is 19.1 Å². The molecule has 3 fully saturated rings. The zero-order valence-corrected chi connectivity index (χ0v) is 13.0. The van der Waals surface area contributed by atoms with Crippen molar-refractivity contribution in [2.45, 2.75) is 50.1 Å². The highest BCUT2D eigenvalue weighted by Crippen LogP contribution is 2.65. The molecule has 2 spiro atoms. The lowest BCUT2D eigenvalue weighted by molar-refractivity contribution is -0.246.